The molecule has 2 aromatic carbocycles. The average molecular weight is 543 g/mol. The van der Waals surface area contributed by atoms with E-state index >= 15 is 0 Å². The van der Waals surface area contributed by atoms with Gasteiger partial charge in [-0.3, -0.25) is 19.7 Å². The van der Waals surface area contributed by atoms with E-state index in [1.165, 1.54) is 4.90 Å². The van der Waals surface area contributed by atoms with E-state index in [4.69, 9.17) is 21.3 Å². The van der Waals surface area contributed by atoms with E-state index in [0.717, 1.165) is 5.56 Å². The lowest BCUT2D eigenvalue weighted by molar-refractivity contribution is -0.123. The van der Waals surface area contributed by atoms with E-state index in [-0.39, 0.29) is 24.6 Å². The smallest absolute Gasteiger partial charge is 0.326 e. The van der Waals surface area contributed by atoms with E-state index in [9.17, 15) is 14.9 Å². The molecule has 0 radical (unpaired) electrons. The van der Waals surface area contributed by atoms with Crippen molar-refractivity contribution in [1.29, 1.82) is 5.26 Å². The van der Waals surface area contributed by atoms with Gasteiger partial charge in [0.05, 0.1) is 29.0 Å². The molecule has 0 spiro atoms. The standard InChI is InChI=1S/C29H27ClN6O3/c1-18(2)39-24-15-19(16-31)6-11-22(24)28-34-26(20-7-9-21(30)10-8-20)27(23-5-3-4-12-32-23)36(28)29(38)35-14-13-33-25(37)17-35/h3-12,15,18,26-27H,13-14,17H2,1-2H3,(H,33,37). The predicted octanol–water partition coefficient (Wildman–Crippen LogP) is 4.49. The summed E-state index contributed by atoms with van der Waals surface area (Å²) in [6.07, 6.45) is 1.49. The lowest BCUT2D eigenvalue weighted by atomic mass is 9.97. The Morgan fingerprint density at radius 1 is 1.18 bits per heavy atom. The number of aliphatic imine (C=N–C) groups is 1. The molecule has 3 aromatic rings. The minimum absolute atomic E-state index is 0.0636. The van der Waals surface area contributed by atoms with Crippen molar-refractivity contribution < 1.29 is 14.3 Å². The Hall–Kier alpha value is -4.42. The second kappa shape index (κ2) is 11.1. The molecule has 0 saturated carbocycles. The van der Waals surface area contributed by atoms with Gasteiger partial charge in [0.2, 0.25) is 5.91 Å². The maximum Gasteiger partial charge on any atom is 0.326 e. The largest absolute Gasteiger partial charge is 0.490 e. The maximum atomic E-state index is 14.2. The van der Waals surface area contributed by atoms with Crippen LogP contribution in [0.2, 0.25) is 5.02 Å². The highest BCUT2D eigenvalue weighted by molar-refractivity contribution is 6.30. The Balaban J connectivity index is 1.71. The van der Waals surface area contributed by atoms with Crippen molar-refractivity contribution in [3.05, 3.63) is 94.3 Å². The van der Waals surface area contributed by atoms with Crippen LogP contribution >= 0.6 is 11.6 Å². The van der Waals surface area contributed by atoms with Crippen LogP contribution < -0.4 is 10.1 Å². The Morgan fingerprint density at radius 2 is 1.97 bits per heavy atom. The number of rotatable bonds is 5. The van der Waals surface area contributed by atoms with Crippen molar-refractivity contribution in [3.63, 3.8) is 0 Å². The molecule has 1 saturated heterocycles. The normalized spacial score (nSPS) is 18.9. The van der Waals surface area contributed by atoms with Crippen LogP contribution in [-0.4, -0.2) is 58.3 Å². The Bertz CT molecular complexity index is 1450. The van der Waals surface area contributed by atoms with Gasteiger partial charge in [-0.05, 0) is 61.9 Å². The van der Waals surface area contributed by atoms with Crippen LogP contribution in [0.25, 0.3) is 0 Å². The third kappa shape index (κ3) is 5.42. The zero-order valence-corrected chi connectivity index (χ0v) is 22.3. The summed E-state index contributed by atoms with van der Waals surface area (Å²) >= 11 is 6.19. The maximum absolute atomic E-state index is 14.2. The van der Waals surface area contributed by atoms with Gasteiger partial charge < -0.3 is 15.0 Å². The summed E-state index contributed by atoms with van der Waals surface area (Å²) in [5.41, 5.74) is 2.48. The first kappa shape index (κ1) is 26.2. The molecule has 198 valence electrons. The van der Waals surface area contributed by atoms with Crippen molar-refractivity contribution >= 4 is 29.4 Å². The van der Waals surface area contributed by atoms with E-state index < -0.39 is 12.1 Å². The summed E-state index contributed by atoms with van der Waals surface area (Å²) < 4.78 is 6.11. The van der Waals surface area contributed by atoms with Crippen LogP contribution in [0.4, 0.5) is 4.79 Å². The minimum Gasteiger partial charge on any atom is -0.490 e. The number of nitriles is 1. The Labute approximate surface area is 231 Å². The van der Waals surface area contributed by atoms with Crippen molar-refractivity contribution in [2.24, 2.45) is 4.99 Å². The molecule has 9 nitrogen and oxygen atoms in total. The van der Waals surface area contributed by atoms with Gasteiger partial charge in [0.1, 0.15) is 30.2 Å². The number of urea groups is 1. The molecule has 5 rings (SSSR count). The fourth-order valence-corrected chi connectivity index (χ4v) is 4.92. The number of piperazine rings is 1. The second-order valence-corrected chi connectivity index (χ2v) is 10.00. The van der Waals surface area contributed by atoms with Gasteiger partial charge in [0.15, 0.2) is 0 Å². The van der Waals surface area contributed by atoms with Gasteiger partial charge >= 0.3 is 6.03 Å². The second-order valence-electron chi connectivity index (χ2n) is 9.56. The fourth-order valence-electron chi connectivity index (χ4n) is 4.79. The molecule has 3 heterocycles. The monoisotopic (exact) mass is 542 g/mol. The topological polar surface area (TPSA) is 111 Å². The lowest BCUT2D eigenvalue weighted by Crippen LogP contribution is -2.55. The van der Waals surface area contributed by atoms with Crippen LogP contribution in [0.5, 0.6) is 5.75 Å². The first-order valence-electron chi connectivity index (χ1n) is 12.7. The molecule has 2 atom stereocenters. The number of ether oxygens (including phenoxy) is 1. The number of nitrogens with zero attached hydrogens (tertiary/aromatic N) is 5. The number of aromatic nitrogens is 1. The molecule has 0 bridgehead atoms. The number of carbonyl (C=O) groups excluding carboxylic acids is 2. The summed E-state index contributed by atoms with van der Waals surface area (Å²) in [4.78, 5) is 39.3. The lowest BCUT2D eigenvalue weighted by Gasteiger charge is -2.35. The highest BCUT2D eigenvalue weighted by Gasteiger charge is 2.45. The van der Waals surface area contributed by atoms with Crippen LogP contribution in [0.1, 0.15) is 48.3 Å². The molecular weight excluding hydrogens is 516 g/mol. The van der Waals surface area contributed by atoms with Crippen LogP contribution in [0.15, 0.2) is 71.9 Å². The summed E-state index contributed by atoms with van der Waals surface area (Å²) in [6, 6.07) is 18.6. The van der Waals surface area contributed by atoms with Crippen LogP contribution in [-0.2, 0) is 4.79 Å². The minimum atomic E-state index is -0.609. The SMILES string of the molecule is CC(C)Oc1cc(C#N)ccc1C1=NC(c2ccc(Cl)cc2)C(c2ccccn2)N1C(=O)N1CCNC(=O)C1. The molecule has 39 heavy (non-hydrogen) atoms. The Morgan fingerprint density at radius 3 is 2.64 bits per heavy atom. The molecule has 2 aliphatic rings. The number of benzene rings is 2. The van der Waals surface area contributed by atoms with Gasteiger partial charge in [0.25, 0.3) is 0 Å². The number of hydrogen-bond donors (Lipinski definition) is 1. The average Bonchev–Trinajstić information content (AvgIpc) is 3.33. The molecule has 10 heteroatoms. The molecule has 1 N–H and O–H groups in total. The molecule has 1 aromatic heterocycles. The Kier molecular flexibility index (Phi) is 7.48. The van der Waals surface area contributed by atoms with Gasteiger partial charge in [-0.15, -0.1) is 0 Å². The van der Waals surface area contributed by atoms with Crippen LogP contribution in [0, 0.1) is 11.3 Å². The quantitative estimate of drug-likeness (QED) is 0.510. The van der Waals surface area contributed by atoms with Crippen LogP contribution in [0.3, 0.4) is 0 Å². The van der Waals surface area contributed by atoms with E-state index in [1.54, 1.807) is 41.4 Å². The number of amides is 3. The first-order chi connectivity index (χ1) is 18.9. The number of carbonyl (C=O) groups is 2. The highest BCUT2D eigenvalue weighted by Crippen LogP contribution is 2.44. The van der Waals surface area contributed by atoms with Gasteiger partial charge in [-0.2, -0.15) is 5.26 Å². The third-order valence-corrected chi connectivity index (χ3v) is 6.75. The van der Waals surface area contributed by atoms with Crippen molar-refractivity contribution in [3.8, 4) is 11.8 Å². The first-order valence-corrected chi connectivity index (χ1v) is 13.0. The molecule has 0 aliphatic carbocycles. The van der Waals surface area contributed by atoms with Crippen molar-refractivity contribution in [1.82, 2.24) is 20.1 Å². The van der Waals surface area contributed by atoms with E-state index in [1.807, 2.05) is 44.2 Å². The number of halogens is 1. The highest BCUT2D eigenvalue weighted by atomic mass is 35.5. The molecule has 3 amide bonds. The van der Waals surface area contributed by atoms with Crippen molar-refractivity contribution in [2.75, 3.05) is 19.6 Å². The van der Waals surface area contributed by atoms with Gasteiger partial charge in [0, 0.05) is 24.3 Å². The molecule has 2 unspecified atom stereocenters. The summed E-state index contributed by atoms with van der Waals surface area (Å²) in [5, 5.41) is 12.9. The number of nitrogens with one attached hydrogen (secondary N) is 1. The number of hydrogen-bond acceptors (Lipinski definition) is 6. The predicted molar refractivity (Wildman–Crippen MR) is 146 cm³/mol. The molecular formula is C29H27ClN6O3. The van der Waals surface area contributed by atoms with E-state index in [0.29, 0.717) is 46.5 Å². The molecule has 1 fully saturated rings. The van der Waals surface area contributed by atoms with Gasteiger partial charge in [-0.25, -0.2) is 4.79 Å². The fraction of sp³-hybridized carbons (Fsp3) is 0.276. The summed E-state index contributed by atoms with van der Waals surface area (Å²) in [5.74, 6) is 0.591. The third-order valence-electron chi connectivity index (χ3n) is 6.50. The zero-order valence-electron chi connectivity index (χ0n) is 21.5. The number of amidine groups is 1. The van der Waals surface area contributed by atoms with Gasteiger partial charge in [-0.1, -0.05) is 29.8 Å². The summed E-state index contributed by atoms with van der Waals surface area (Å²) in [7, 11) is 0. The summed E-state index contributed by atoms with van der Waals surface area (Å²) in [6.45, 7) is 4.44. The molecule has 2 aliphatic heterocycles. The number of pyridine rings is 1. The van der Waals surface area contributed by atoms with E-state index in [2.05, 4.69) is 16.4 Å². The van der Waals surface area contributed by atoms with Crippen molar-refractivity contribution in [2.45, 2.75) is 32.0 Å². The zero-order chi connectivity index (χ0) is 27.5.